The number of aliphatic hydroxyl groups excluding tert-OH is 1. The molecule has 4 aliphatic rings. The second-order valence-corrected chi connectivity index (χ2v) is 11.0. The van der Waals surface area contributed by atoms with Crippen molar-refractivity contribution < 1.29 is 24.2 Å². The van der Waals surface area contributed by atoms with E-state index in [0.29, 0.717) is 26.1 Å². The molecule has 2 fully saturated rings. The lowest BCUT2D eigenvalue weighted by Crippen LogP contribution is -2.57. The number of carbonyl (C=O) groups is 3. The van der Waals surface area contributed by atoms with Crippen LogP contribution in [0, 0.1) is 11.8 Å². The molecule has 0 saturated carbocycles. The van der Waals surface area contributed by atoms with Gasteiger partial charge in [0.2, 0.25) is 17.7 Å². The van der Waals surface area contributed by atoms with E-state index < -0.39 is 29.1 Å². The van der Waals surface area contributed by atoms with Gasteiger partial charge in [-0.05, 0) is 25.3 Å². The first kappa shape index (κ1) is 26.6. The van der Waals surface area contributed by atoms with Gasteiger partial charge in [-0.2, -0.15) is 0 Å². The van der Waals surface area contributed by atoms with Crippen LogP contribution in [0.3, 0.4) is 0 Å². The molecule has 4 aliphatic heterocycles. The molecular formula is C30H39N3O5. The number of likely N-dealkylation sites (tertiary alicyclic amines) is 1. The predicted octanol–water partition coefficient (Wildman–Crippen LogP) is 2.53. The largest absolute Gasteiger partial charge is 0.395 e. The molecule has 0 aromatic heterocycles. The van der Waals surface area contributed by atoms with Crippen molar-refractivity contribution in [2.75, 3.05) is 26.2 Å². The number of ether oxygens (including phenoxy) is 1. The van der Waals surface area contributed by atoms with Gasteiger partial charge in [0.15, 0.2) is 0 Å². The molecule has 1 aromatic rings. The van der Waals surface area contributed by atoms with Gasteiger partial charge in [0.1, 0.15) is 11.6 Å². The highest BCUT2D eigenvalue weighted by Gasteiger charge is 2.75. The molecule has 1 aromatic carbocycles. The van der Waals surface area contributed by atoms with E-state index in [4.69, 9.17) is 4.74 Å². The number of fused-ring (bicyclic) bond motifs is 2. The number of aliphatic hydroxyl groups is 1. The fraction of sp³-hybridized carbons (Fsp3) is 0.567. The van der Waals surface area contributed by atoms with E-state index in [-0.39, 0.29) is 36.9 Å². The predicted molar refractivity (Wildman–Crippen MR) is 143 cm³/mol. The number of β-amino-alcohol motifs (C(OH)–C–C–N with tert-alkyl or cyclic N) is 1. The first-order valence-corrected chi connectivity index (χ1v) is 13.9. The second kappa shape index (κ2) is 10.3. The van der Waals surface area contributed by atoms with Crippen molar-refractivity contribution in [1.82, 2.24) is 14.7 Å². The Morgan fingerprint density at radius 1 is 1.00 bits per heavy atom. The monoisotopic (exact) mass is 521 g/mol. The molecule has 5 rings (SSSR count). The van der Waals surface area contributed by atoms with Gasteiger partial charge < -0.3 is 24.5 Å². The van der Waals surface area contributed by atoms with Gasteiger partial charge in [-0.1, -0.05) is 74.9 Å². The van der Waals surface area contributed by atoms with Crippen LogP contribution in [-0.2, 0) is 25.7 Å². The van der Waals surface area contributed by atoms with Crippen molar-refractivity contribution in [3.05, 3.63) is 60.2 Å². The normalized spacial score (nSPS) is 33.2. The Hall–Kier alpha value is -2.97. The highest BCUT2D eigenvalue weighted by molar-refractivity contribution is 6.00. The van der Waals surface area contributed by atoms with Gasteiger partial charge in [-0.15, -0.1) is 0 Å². The molecule has 4 heterocycles. The molecule has 204 valence electrons. The van der Waals surface area contributed by atoms with E-state index in [2.05, 4.69) is 6.92 Å². The van der Waals surface area contributed by atoms with Gasteiger partial charge in [-0.25, -0.2) is 0 Å². The third-order valence-electron chi connectivity index (χ3n) is 8.85. The van der Waals surface area contributed by atoms with E-state index in [1.807, 2.05) is 73.4 Å². The molecular weight excluding hydrogens is 482 g/mol. The summed E-state index contributed by atoms with van der Waals surface area (Å²) in [6.45, 7) is 7.09. The summed E-state index contributed by atoms with van der Waals surface area (Å²) < 4.78 is 6.94. The van der Waals surface area contributed by atoms with Crippen molar-refractivity contribution in [2.45, 2.75) is 69.9 Å². The summed E-state index contributed by atoms with van der Waals surface area (Å²) in [5, 5.41) is 9.88. The van der Waals surface area contributed by atoms with Crippen LogP contribution in [-0.4, -0.2) is 87.1 Å². The molecule has 1 spiro atoms. The standard InChI is InChI=1S/C30H39N3O5/c1-4-11-21(3)32-17-10-15-30-24(27(36)33(18-19-34)25(30)28(32)37)23-26(35)31(20-22-12-7-6-8-13-22)16-9-14-29(23,5-2)38-30/h6-10,12-15,21,23-25,34H,4-5,11,16-20H2,1-3H3/t21?,23-,24+,25?,29+,30+/m1/s1. The molecule has 6 atom stereocenters. The fourth-order valence-electron chi connectivity index (χ4n) is 7.09. The van der Waals surface area contributed by atoms with E-state index in [9.17, 15) is 19.5 Å². The van der Waals surface area contributed by atoms with Crippen LogP contribution in [0.2, 0.25) is 0 Å². The average Bonchev–Trinajstić information content (AvgIpc) is 3.19. The second-order valence-electron chi connectivity index (χ2n) is 11.0. The summed E-state index contributed by atoms with van der Waals surface area (Å²) >= 11 is 0. The van der Waals surface area contributed by atoms with Crippen LogP contribution < -0.4 is 0 Å². The lowest BCUT2D eigenvalue weighted by molar-refractivity contribution is -0.155. The number of hydrogen-bond acceptors (Lipinski definition) is 5. The molecule has 38 heavy (non-hydrogen) atoms. The Labute approximate surface area is 224 Å². The van der Waals surface area contributed by atoms with Crippen LogP contribution in [0.4, 0.5) is 0 Å². The minimum absolute atomic E-state index is 0.00710. The minimum Gasteiger partial charge on any atom is -0.395 e. The van der Waals surface area contributed by atoms with Crippen molar-refractivity contribution in [1.29, 1.82) is 0 Å². The maximum Gasteiger partial charge on any atom is 0.249 e. The molecule has 8 heteroatoms. The van der Waals surface area contributed by atoms with Gasteiger partial charge in [0.05, 0.1) is 24.0 Å². The first-order valence-electron chi connectivity index (χ1n) is 13.9. The molecule has 0 aliphatic carbocycles. The smallest absolute Gasteiger partial charge is 0.249 e. The van der Waals surface area contributed by atoms with E-state index in [1.54, 1.807) is 4.90 Å². The number of carbonyl (C=O) groups excluding carboxylic acids is 3. The van der Waals surface area contributed by atoms with Crippen molar-refractivity contribution in [3.63, 3.8) is 0 Å². The molecule has 0 radical (unpaired) electrons. The number of amides is 3. The van der Waals surface area contributed by atoms with Crippen LogP contribution >= 0.6 is 0 Å². The number of hydrogen-bond donors (Lipinski definition) is 1. The van der Waals surface area contributed by atoms with E-state index in [1.165, 1.54) is 4.90 Å². The summed E-state index contributed by atoms with van der Waals surface area (Å²) in [6.07, 6.45) is 9.99. The zero-order valence-electron chi connectivity index (χ0n) is 22.6. The quantitative estimate of drug-likeness (QED) is 0.531. The van der Waals surface area contributed by atoms with E-state index >= 15 is 0 Å². The summed E-state index contributed by atoms with van der Waals surface area (Å²) in [7, 11) is 0. The number of benzene rings is 1. The third kappa shape index (κ3) is 4.00. The van der Waals surface area contributed by atoms with Crippen LogP contribution in [0.5, 0.6) is 0 Å². The Bertz CT molecular complexity index is 1140. The van der Waals surface area contributed by atoms with Crippen molar-refractivity contribution >= 4 is 17.7 Å². The maximum atomic E-state index is 14.3. The summed E-state index contributed by atoms with van der Waals surface area (Å²) in [5.74, 6) is -2.24. The highest BCUT2D eigenvalue weighted by Crippen LogP contribution is 2.58. The van der Waals surface area contributed by atoms with Crippen LogP contribution in [0.25, 0.3) is 0 Å². The summed E-state index contributed by atoms with van der Waals surface area (Å²) in [5.41, 5.74) is -1.27. The van der Waals surface area contributed by atoms with Gasteiger partial charge in [-0.3, -0.25) is 14.4 Å². The van der Waals surface area contributed by atoms with Crippen molar-refractivity contribution in [2.24, 2.45) is 11.8 Å². The Kier molecular flexibility index (Phi) is 7.22. The van der Waals surface area contributed by atoms with E-state index in [0.717, 1.165) is 18.4 Å². The molecule has 8 nitrogen and oxygen atoms in total. The first-order chi connectivity index (χ1) is 18.3. The van der Waals surface area contributed by atoms with Crippen LogP contribution in [0.15, 0.2) is 54.6 Å². The molecule has 1 N–H and O–H groups in total. The molecule has 2 unspecified atom stereocenters. The molecule has 0 bridgehead atoms. The number of rotatable bonds is 8. The zero-order chi connectivity index (χ0) is 27.1. The van der Waals surface area contributed by atoms with Gasteiger partial charge >= 0.3 is 0 Å². The minimum atomic E-state index is -1.28. The Balaban J connectivity index is 1.59. The van der Waals surface area contributed by atoms with Gasteiger partial charge in [0.25, 0.3) is 0 Å². The SMILES string of the molecule is CCCC(C)N1CC=C[C@]23O[C@@]4(CC)C=CCN(Cc5ccccc5)C(=O)[C@H]4[C@H]2C(=O)N(CCO)C3C1=O. The summed E-state index contributed by atoms with van der Waals surface area (Å²) in [4.78, 5) is 47.7. The lowest BCUT2D eigenvalue weighted by atomic mass is 9.73. The zero-order valence-corrected chi connectivity index (χ0v) is 22.6. The highest BCUT2D eigenvalue weighted by atomic mass is 16.5. The fourth-order valence-corrected chi connectivity index (χ4v) is 7.09. The van der Waals surface area contributed by atoms with Gasteiger partial charge in [0, 0.05) is 32.2 Å². The number of nitrogens with zero attached hydrogens (tertiary/aromatic N) is 3. The third-order valence-corrected chi connectivity index (χ3v) is 8.85. The molecule has 2 saturated heterocycles. The van der Waals surface area contributed by atoms with Crippen LogP contribution in [0.1, 0.15) is 45.6 Å². The lowest BCUT2D eigenvalue weighted by Gasteiger charge is -2.39. The Morgan fingerprint density at radius 2 is 1.74 bits per heavy atom. The maximum absolute atomic E-state index is 14.3. The van der Waals surface area contributed by atoms with Crippen molar-refractivity contribution in [3.8, 4) is 0 Å². The molecule has 3 amide bonds. The topological polar surface area (TPSA) is 90.4 Å². The average molecular weight is 522 g/mol. The Morgan fingerprint density at radius 3 is 2.42 bits per heavy atom. The summed E-state index contributed by atoms with van der Waals surface area (Å²) in [6, 6.07) is 8.87.